The van der Waals surface area contributed by atoms with Gasteiger partial charge in [0.25, 0.3) is 0 Å². The maximum Gasteiger partial charge on any atom is 0.248 e. The number of ether oxygens (including phenoxy) is 2. The van der Waals surface area contributed by atoms with Crippen LogP contribution in [0.5, 0.6) is 11.5 Å². The summed E-state index contributed by atoms with van der Waals surface area (Å²) in [5.74, 6) is 3.53. The van der Waals surface area contributed by atoms with Crippen LogP contribution in [0.3, 0.4) is 0 Å². The molecule has 6 heteroatoms. The average molecular weight is 301 g/mol. The third kappa shape index (κ3) is 2.73. The Bertz CT molecular complexity index is 666. The van der Waals surface area contributed by atoms with Gasteiger partial charge in [-0.3, -0.25) is 0 Å². The standard InChI is InChI=1S/C16H19N3O3/c1-10(16-18-15(19-22-16)11-3-4-11)17-12-5-6-13-14(9-12)21-8-2-7-20-13/h5-6,9-11,17H,2-4,7-8H2,1H3. The topological polar surface area (TPSA) is 69.4 Å². The molecule has 1 N–H and O–H groups in total. The molecule has 0 spiro atoms. The molecule has 1 aliphatic heterocycles. The normalized spacial score (nSPS) is 18.6. The van der Waals surface area contributed by atoms with Crippen LogP contribution in [0.25, 0.3) is 0 Å². The molecule has 1 unspecified atom stereocenters. The summed E-state index contributed by atoms with van der Waals surface area (Å²) in [4.78, 5) is 4.47. The summed E-state index contributed by atoms with van der Waals surface area (Å²) in [5, 5.41) is 7.42. The first-order valence-corrected chi connectivity index (χ1v) is 7.79. The number of aromatic nitrogens is 2. The van der Waals surface area contributed by atoms with Crippen LogP contribution in [0.15, 0.2) is 22.7 Å². The second kappa shape index (κ2) is 5.51. The molecule has 1 atom stereocenters. The SMILES string of the molecule is CC(Nc1ccc2c(c1)OCCCO2)c1nc(C2CC2)no1. The highest BCUT2D eigenvalue weighted by Crippen LogP contribution is 2.38. The zero-order chi connectivity index (χ0) is 14.9. The lowest BCUT2D eigenvalue weighted by Gasteiger charge is -2.13. The maximum absolute atomic E-state index is 5.70. The van der Waals surface area contributed by atoms with Gasteiger partial charge in [-0.15, -0.1) is 0 Å². The Balaban J connectivity index is 1.48. The monoisotopic (exact) mass is 301 g/mol. The van der Waals surface area contributed by atoms with Crippen LogP contribution in [-0.2, 0) is 0 Å². The molecule has 2 heterocycles. The number of rotatable bonds is 4. The largest absolute Gasteiger partial charge is 0.490 e. The van der Waals surface area contributed by atoms with Gasteiger partial charge in [-0.2, -0.15) is 4.98 Å². The lowest BCUT2D eigenvalue weighted by atomic mass is 10.2. The molecule has 0 saturated heterocycles. The maximum atomic E-state index is 5.70. The van der Waals surface area contributed by atoms with Gasteiger partial charge in [-0.1, -0.05) is 5.16 Å². The number of benzene rings is 1. The van der Waals surface area contributed by atoms with Crippen molar-refractivity contribution in [3.8, 4) is 11.5 Å². The molecule has 1 fully saturated rings. The van der Waals surface area contributed by atoms with Crippen LogP contribution < -0.4 is 14.8 Å². The summed E-state index contributed by atoms with van der Waals surface area (Å²) in [6, 6.07) is 5.81. The number of anilines is 1. The van der Waals surface area contributed by atoms with Crippen molar-refractivity contribution in [2.24, 2.45) is 0 Å². The lowest BCUT2D eigenvalue weighted by Crippen LogP contribution is -2.07. The van der Waals surface area contributed by atoms with Crippen molar-refractivity contribution < 1.29 is 14.0 Å². The fraction of sp³-hybridized carbons (Fsp3) is 0.500. The molecule has 22 heavy (non-hydrogen) atoms. The number of nitrogens with zero attached hydrogens (tertiary/aromatic N) is 2. The number of hydrogen-bond donors (Lipinski definition) is 1. The highest BCUT2D eigenvalue weighted by molar-refractivity contribution is 5.55. The van der Waals surface area contributed by atoms with Gasteiger partial charge < -0.3 is 19.3 Å². The Labute approximate surface area is 128 Å². The molecular formula is C16H19N3O3. The molecule has 2 aliphatic rings. The minimum atomic E-state index is -0.0512. The first-order valence-electron chi connectivity index (χ1n) is 7.79. The molecule has 1 aromatic carbocycles. The summed E-state index contributed by atoms with van der Waals surface area (Å²) in [7, 11) is 0. The van der Waals surface area contributed by atoms with Crippen molar-refractivity contribution >= 4 is 5.69 Å². The van der Waals surface area contributed by atoms with Gasteiger partial charge in [0.05, 0.1) is 13.2 Å². The van der Waals surface area contributed by atoms with Crippen LogP contribution in [0, 0.1) is 0 Å². The molecule has 0 radical (unpaired) electrons. The van der Waals surface area contributed by atoms with E-state index in [2.05, 4.69) is 15.5 Å². The molecular weight excluding hydrogens is 282 g/mol. The molecule has 0 amide bonds. The molecule has 4 rings (SSSR count). The highest BCUT2D eigenvalue weighted by Gasteiger charge is 2.29. The van der Waals surface area contributed by atoms with Crippen LogP contribution in [0.2, 0.25) is 0 Å². The van der Waals surface area contributed by atoms with Gasteiger partial charge in [0.2, 0.25) is 5.89 Å². The minimum Gasteiger partial charge on any atom is -0.490 e. The van der Waals surface area contributed by atoms with E-state index in [0.717, 1.165) is 29.4 Å². The fourth-order valence-corrected chi connectivity index (χ4v) is 2.50. The quantitative estimate of drug-likeness (QED) is 0.934. The molecule has 1 aromatic heterocycles. The predicted molar refractivity (Wildman–Crippen MR) is 80.4 cm³/mol. The second-order valence-electron chi connectivity index (χ2n) is 5.84. The van der Waals surface area contributed by atoms with E-state index >= 15 is 0 Å². The van der Waals surface area contributed by atoms with Crippen LogP contribution >= 0.6 is 0 Å². The van der Waals surface area contributed by atoms with E-state index < -0.39 is 0 Å². The minimum absolute atomic E-state index is 0.0512. The van der Waals surface area contributed by atoms with Crippen LogP contribution in [0.1, 0.15) is 49.9 Å². The molecule has 2 aromatic rings. The Morgan fingerprint density at radius 1 is 1.18 bits per heavy atom. The average Bonchev–Trinajstić information content (AvgIpc) is 3.30. The van der Waals surface area contributed by atoms with Crippen LogP contribution in [0.4, 0.5) is 5.69 Å². The number of hydrogen-bond acceptors (Lipinski definition) is 6. The first kappa shape index (κ1) is 13.4. The fourth-order valence-electron chi connectivity index (χ4n) is 2.50. The molecule has 6 nitrogen and oxygen atoms in total. The molecule has 116 valence electrons. The summed E-state index contributed by atoms with van der Waals surface area (Å²) in [5.41, 5.74) is 0.947. The molecule has 1 saturated carbocycles. The van der Waals surface area contributed by atoms with Gasteiger partial charge in [0.15, 0.2) is 17.3 Å². The van der Waals surface area contributed by atoms with E-state index in [1.165, 1.54) is 12.8 Å². The van der Waals surface area contributed by atoms with E-state index in [1.54, 1.807) is 0 Å². The van der Waals surface area contributed by atoms with E-state index in [-0.39, 0.29) is 6.04 Å². The van der Waals surface area contributed by atoms with Gasteiger partial charge in [-0.25, -0.2) is 0 Å². The van der Waals surface area contributed by atoms with Gasteiger partial charge >= 0.3 is 0 Å². The van der Waals surface area contributed by atoms with Crippen molar-refractivity contribution in [3.05, 3.63) is 29.9 Å². The Morgan fingerprint density at radius 3 is 2.82 bits per heavy atom. The molecule has 0 bridgehead atoms. The third-order valence-corrected chi connectivity index (χ3v) is 3.90. The van der Waals surface area contributed by atoms with Crippen molar-refractivity contribution in [3.63, 3.8) is 0 Å². The predicted octanol–water partition coefficient (Wildman–Crippen LogP) is 3.28. The summed E-state index contributed by atoms with van der Waals surface area (Å²) in [6.07, 6.45) is 3.24. The summed E-state index contributed by atoms with van der Waals surface area (Å²) < 4.78 is 16.7. The van der Waals surface area contributed by atoms with E-state index in [4.69, 9.17) is 14.0 Å². The van der Waals surface area contributed by atoms with Gasteiger partial charge in [0.1, 0.15) is 6.04 Å². The Hall–Kier alpha value is -2.24. The van der Waals surface area contributed by atoms with Crippen molar-refractivity contribution in [2.45, 2.75) is 38.1 Å². The van der Waals surface area contributed by atoms with Crippen LogP contribution in [-0.4, -0.2) is 23.4 Å². The number of fused-ring (bicyclic) bond motifs is 1. The van der Waals surface area contributed by atoms with E-state index in [1.807, 2.05) is 25.1 Å². The summed E-state index contributed by atoms with van der Waals surface area (Å²) in [6.45, 7) is 3.38. The second-order valence-corrected chi connectivity index (χ2v) is 5.84. The third-order valence-electron chi connectivity index (χ3n) is 3.90. The smallest absolute Gasteiger partial charge is 0.248 e. The molecule has 1 aliphatic carbocycles. The number of nitrogens with one attached hydrogen (secondary N) is 1. The van der Waals surface area contributed by atoms with Gasteiger partial charge in [0, 0.05) is 24.1 Å². The van der Waals surface area contributed by atoms with Crippen molar-refractivity contribution in [2.75, 3.05) is 18.5 Å². The zero-order valence-electron chi connectivity index (χ0n) is 12.5. The van der Waals surface area contributed by atoms with Gasteiger partial charge in [-0.05, 0) is 31.9 Å². The lowest BCUT2D eigenvalue weighted by molar-refractivity contribution is 0.297. The highest BCUT2D eigenvalue weighted by atomic mass is 16.5. The Morgan fingerprint density at radius 2 is 2.00 bits per heavy atom. The zero-order valence-corrected chi connectivity index (χ0v) is 12.5. The van der Waals surface area contributed by atoms with Crippen molar-refractivity contribution in [1.82, 2.24) is 10.1 Å². The Kier molecular flexibility index (Phi) is 3.36. The first-order chi connectivity index (χ1) is 10.8. The van der Waals surface area contributed by atoms with E-state index in [0.29, 0.717) is 25.0 Å². The van der Waals surface area contributed by atoms with Crippen molar-refractivity contribution in [1.29, 1.82) is 0 Å². The summed E-state index contributed by atoms with van der Waals surface area (Å²) >= 11 is 0. The van der Waals surface area contributed by atoms with E-state index in [9.17, 15) is 0 Å².